The summed E-state index contributed by atoms with van der Waals surface area (Å²) in [5.41, 5.74) is 11.0. The first-order valence-corrected chi connectivity index (χ1v) is 7.97. The van der Waals surface area contributed by atoms with Crippen molar-refractivity contribution in [1.82, 2.24) is 9.97 Å². The number of hydrogen-bond acceptors (Lipinski definition) is 3. The molecule has 3 aromatic rings. The van der Waals surface area contributed by atoms with Crippen LogP contribution in [0.4, 0.5) is 0 Å². The van der Waals surface area contributed by atoms with Gasteiger partial charge in [0.2, 0.25) is 0 Å². The summed E-state index contributed by atoms with van der Waals surface area (Å²) in [6.07, 6.45) is 5.56. The maximum atomic E-state index is 9.28. The van der Waals surface area contributed by atoms with E-state index in [1.54, 1.807) is 0 Å². The lowest BCUT2D eigenvalue weighted by molar-refractivity contribution is 0.208. The molecular formula is C19H23N3O. The molecule has 4 N–H and O–H groups in total. The van der Waals surface area contributed by atoms with Gasteiger partial charge in [0.05, 0.1) is 6.61 Å². The van der Waals surface area contributed by atoms with E-state index < -0.39 is 5.54 Å². The van der Waals surface area contributed by atoms with Crippen LogP contribution in [0.15, 0.2) is 42.7 Å². The van der Waals surface area contributed by atoms with E-state index in [0.717, 1.165) is 28.8 Å². The number of hydrogen-bond donors (Lipinski definition) is 3. The van der Waals surface area contributed by atoms with Crippen molar-refractivity contribution in [1.29, 1.82) is 0 Å². The van der Waals surface area contributed by atoms with Crippen LogP contribution in [0.25, 0.3) is 22.2 Å². The third kappa shape index (κ3) is 3.28. The summed E-state index contributed by atoms with van der Waals surface area (Å²) in [5, 5.41) is 10.5. The minimum atomic E-state index is -0.580. The Morgan fingerprint density at radius 1 is 1.22 bits per heavy atom. The number of H-pyrrole nitrogens is 1. The number of aromatic nitrogens is 2. The van der Waals surface area contributed by atoms with Gasteiger partial charge >= 0.3 is 0 Å². The van der Waals surface area contributed by atoms with Crippen molar-refractivity contribution in [2.75, 3.05) is 6.61 Å². The van der Waals surface area contributed by atoms with E-state index in [1.807, 2.05) is 19.3 Å². The van der Waals surface area contributed by atoms with E-state index in [9.17, 15) is 5.11 Å². The number of aliphatic hydroxyl groups excluding tert-OH is 1. The number of benzene rings is 1. The average molecular weight is 309 g/mol. The largest absolute Gasteiger partial charge is 0.394 e. The Morgan fingerprint density at radius 2 is 1.96 bits per heavy atom. The van der Waals surface area contributed by atoms with Crippen LogP contribution in [-0.2, 0) is 12.8 Å². The molecule has 4 nitrogen and oxygen atoms in total. The van der Waals surface area contributed by atoms with Gasteiger partial charge in [-0.15, -0.1) is 0 Å². The number of nitrogens with zero attached hydrogens (tertiary/aromatic N) is 1. The van der Waals surface area contributed by atoms with Crippen molar-refractivity contribution in [2.24, 2.45) is 5.73 Å². The van der Waals surface area contributed by atoms with Crippen LogP contribution in [0, 0.1) is 0 Å². The lowest BCUT2D eigenvalue weighted by atomic mass is 9.93. The van der Waals surface area contributed by atoms with Crippen LogP contribution in [-0.4, -0.2) is 27.2 Å². The topological polar surface area (TPSA) is 74.9 Å². The number of fused-ring (bicyclic) bond motifs is 1. The first kappa shape index (κ1) is 15.7. The molecule has 0 saturated carbocycles. The van der Waals surface area contributed by atoms with Gasteiger partial charge in [-0.05, 0) is 42.5 Å². The second-order valence-electron chi connectivity index (χ2n) is 6.47. The van der Waals surface area contributed by atoms with E-state index >= 15 is 0 Å². The van der Waals surface area contributed by atoms with Crippen LogP contribution in [0.2, 0.25) is 0 Å². The summed E-state index contributed by atoms with van der Waals surface area (Å²) in [7, 11) is 0. The molecule has 3 rings (SSSR count). The number of aromatic amines is 1. The zero-order valence-electron chi connectivity index (χ0n) is 13.6. The fourth-order valence-corrected chi connectivity index (χ4v) is 2.85. The molecule has 0 spiro atoms. The molecule has 0 aliphatic heterocycles. The van der Waals surface area contributed by atoms with E-state index in [4.69, 9.17) is 5.73 Å². The highest BCUT2D eigenvalue weighted by molar-refractivity contribution is 5.84. The van der Waals surface area contributed by atoms with Gasteiger partial charge in [-0.1, -0.05) is 31.2 Å². The smallest absolute Gasteiger partial charge is 0.137 e. The highest BCUT2D eigenvalue weighted by Gasteiger charge is 2.17. The lowest BCUT2D eigenvalue weighted by Gasteiger charge is -2.21. The number of rotatable bonds is 5. The summed E-state index contributed by atoms with van der Waals surface area (Å²) in [6, 6.07) is 10.5. The SMILES string of the molecule is CCc1c[nH]c2ncc(-c3ccc(CC(C)(N)CO)cc3)cc12. The summed E-state index contributed by atoms with van der Waals surface area (Å²) in [6.45, 7) is 3.98. The third-order valence-corrected chi connectivity index (χ3v) is 4.25. The second kappa shape index (κ2) is 6.14. The van der Waals surface area contributed by atoms with Crippen molar-refractivity contribution in [2.45, 2.75) is 32.2 Å². The molecule has 1 aromatic carbocycles. The van der Waals surface area contributed by atoms with Crippen LogP contribution in [0.5, 0.6) is 0 Å². The van der Waals surface area contributed by atoms with Gasteiger partial charge in [0.25, 0.3) is 0 Å². The fourth-order valence-electron chi connectivity index (χ4n) is 2.85. The Kier molecular flexibility index (Phi) is 4.20. The van der Waals surface area contributed by atoms with E-state index in [0.29, 0.717) is 6.42 Å². The first-order valence-electron chi connectivity index (χ1n) is 7.97. The van der Waals surface area contributed by atoms with E-state index in [1.165, 1.54) is 10.9 Å². The molecule has 1 atom stereocenters. The van der Waals surface area contributed by atoms with Gasteiger partial charge in [0.15, 0.2) is 0 Å². The van der Waals surface area contributed by atoms with Crippen LogP contribution in [0.3, 0.4) is 0 Å². The Balaban J connectivity index is 1.90. The molecule has 0 aliphatic carbocycles. The van der Waals surface area contributed by atoms with Gasteiger partial charge in [0.1, 0.15) is 5.65 Å². The molecule has 0 saturated heterocycles. The fraction of sp³-hybridized carbons (Fsp3) is 0.316. The third-order valence-electron chi connectivity index (χ3n) is 4.25. The molecule has 0 fully saturated rings. The van der Waals surface area contributed by atoms with Gasteiger partial charge < -0.3 is 15.8 Å². The highest BCUT2D eigenvalue weighted by Crippen LogP contribution is 2.25. The molecule has 120 valence electrons. The standard InChI is InChI=1S/C19H23N3O/c1-3-14-10-21-18-17(14)8-16(11-22-18)15-6-4-13(5-7-15)9-19(2,20)12-23/h4-8,10-11,23H,3,9,12,20H2,1-2H3,(H,21,22). The zero-order chi connectivity index (χ0) is 16.4. The summed E-state index contributed by atoms with van der Waals surface area (Å²) in [4.78, 5) is 7.72. The van der Waals surface area contributed by atoms with Crippen molar-refractivity contribution < 1.29 is 5.11 Å². The molecule has 2 heterocycles. The normalized spacial score (nSPS) is 14.1. The second-order valence-corrected chi connectivity index (χ2v) is 6.47. The van der Waals surface area contributed by atoms with Gasteiger partial charge in [-0.2, -0.15) is 0 Å². The Bertz CT molecular complexity index is 803. The van der Waals surface area contributed by atoms with Crippen LogP contribution in [0.1, 0.15) is 25.0 Å². The molecule has 2 aromatic heterocycles. The Labute approximate surface area is 136 Å². The molecule has 1 unspecified atom stereocenters. The average Bonchev–Trinajstić information content (AvgIpc) is 2.97. The van der Waals surface area contributed by atoms with Crippen molar-refractivity contribution >= 4 is 11.0 Å². The summed E-state index contributed by atoms with van der Waals surface area (Å²) < 4.78 is 0. The number of nitrogens with one attached hydrogen (secondary N) is 1. The zero-order valence-corrected chi connectivity index (χ0v) is 13.6. The molecule has 0 amide bonds. The first-order chi connectivity index (χ1) is 11.0. The summed E-state index contributed by atoms with van der Waals surface area (Å²) >= 11 is 0. The summed E-state index contributed by atoms with van der Waals surface area (Å²) in [5.74, 6) is 0. The molecule has 0 bridgehead atoms. The minimum absolute atomic E-state index is 0.0252. The Hall–Kier alpha value is -2.17. The quantitative estimate of drug-likeness (QED) is 0.678. The molecule has 0 radical (unpaired) electrons. The number of aryl methyl sites for hydroxylation is 1. The number of aliphatic hydroxyl groups is 1. The minimum Gasteiger partial charge on any atom is -0.394 e. The Morgan fingerprint density at radius 3 is 2.61 bits per heavy atom. The van der Waals surface area contributed by atoms with Crippen molar-refractivity contribution in [3.63, 3.8) is 0 Å². The maximum Gasteiger partial charge on any atom is 0.137 e. The highest BCUT2D eigenvalue weighted by atomic mass is 16.3. The molecule has 4 heteroatoms. The number of nitrogens with two attached hydrogens (primary N) is 1. The van der Waals surface area contributed by atoms with Gasteiger partial charge in [0, 0.05) is 28.9 Å². The van der Waals surface area contributed by atoms with Crippen molar-refractivity contribution in [3.8, 4) is 11.1 Å². The van der Waals surface area contributed by atoms with Crippen molar-refractivity contribution in [3.05, 3.63) is 53.9 Å². The monoisotopic (exact) mass is 309 g/mol. The number of pyridine rings is 1. The molecule has 23 heavy (non-hydrogen) atoms. The van der Waals surface area contributed by atoms with E-state index in [-0.39, 0.29) is 6.61 Å². The van der Waals surface area contributed by atoms with Gasteiger partial charge in [-0.25, -0.2) is 4.98 Å². The van der Waals surface area contributed by atoms with E-state index in [2.05, 4.69) is 47.2 Å². The predicted octanol–water partition coefficient (Wildman–Crippen LogP) is 3.04. The molecule has 0 aliphatic rings. The van der Waals surface area contributed by atoms with Crippen LogP contribution < -0.4 is 5.73 Å². The molecular weight excluding hydrogens is 286 g/mol. The predicted molar refractivity (Wildman–Crippen MR) is 94.3 cm³/mol. The maximum absolute atomic E-state index is 9.28. The lowest BCUT2D eigenvalue weighted by Crippen LogP contribution is -2.42. The van der Waals surface area contributed by atoms with Crippen LogP contribution >= 0.6 is 0 Å². The van der Waals surface area contributed by atoms with Gasteiger partial charge in [-0.3, -0.25) is 0 Å².